The third-order valence-corrected chi connectivity index (χ3v) is 5.13. The van der Waals surface area contributed by atoms with Crippen molar-refractivity contribution in [2.75, 3.05) is 0 Å². The number of hydrogen-bond donors (Lipinski definition) is 0. The Morgan fingerprint density at radius 2 is 1.68 bits per heavy atom. The van der Waals surface area contributed by atoms with Crippen molar-refractivity contribution in [3.63, 3.8) is 0 Å². The molecule has 5 heteroatoms. The number of thiazole rings is 1. The van der Waals surface area contributed by atoms with Gasteiger partial charge in [-0.25, -0.2) is 9.78 Å². The SMILES string of the molecule is N#CC(=Cc1ccc(OC(=O)c2ccccc2)cc1)c1nc2ccccc2s1. The second-order valence-electron chi connectivity index (χ2n) is 5.98. The molecule has 0 atom stereocenters. The zero-order valence-corrected chi connectivity index (χ0v) is 15.5. The maximum absolute atomic E-state index is 12.1. The Kier molecular flexibility index (Phi) is 4.96. The molecule has 1 heterocycles. The van der Waals surface area contributed by atoms with Crippen molar-refractivity contribution in [3.8, 4) is 11.8 Å². The van der Waals surface area contributed by atoms with E-state index in [0.29, 0.717) is 21.9 Å². The number of allylic oxidation sites excluding steroid dienone is 1. The highest BCUT2D eigenvalue weighted by molar-refractivity contribution is 7.19. The van der Waals surface area contributed by atoms with Gasteiger partial charge in [0, 0.05) is 0 Å². The van der Waals surface area contributed by atoms with Gasteiger partial charge in [0.05, 0.1) is 21.4 Å². The highest BCUT2D eigenvalue weighted by Crippen LogP contribution is 2.28. The first-order valence-electron chi connectivity index (χ1n) is 8.58. The van der Waals surface area contributed by atoms with Gasteiger partial charge >= 0.3 is 5.97 Å². The van der Waals surface area contributed by atoms with Gasteiger partial charge in [-0.1, -0.05) is 42.5 Å². The maximum atomic E-state index is 12.1. The van der Waals surface area contributed by atoms with E-state index in [2.05, 4.69) is 11.1 Å². The molecule has 0 unspecified atom stereocenters. The van der Waals surface area contributed by atoms with Crippen LogP contribution < -0.4 is 4.74 Å². The number of nitriles is 1. The van der Waals surface area contributed by atoms with Crippen LogP contribution in [0.1, 0.15) is 20.9 Å². The highest BCUT2D eigenvalue weighted by Gasteiger charge is 2.10. The van der Waals surface area contributed by atoms with Gasteiger partial charge in [-0.05, 0) is 48.0 Å². The third-order valence-electron chi connectivity index (χ3n) is 4.06. The summed E-state index contributed by atoms with van der Waals surface area (Å²) >= 11 is 1.49. The summed E-state index contributed by atoms with van der Waals surface area (Å²) in [6.07, 6.45) is 1.78. The molecule has 3 aromatic carbocycles. The van der Waals surface area contributed by atoms with Crippen LogP contribution in [0.4, 0.5) is 0 Å². The third kappa shape index (κ3) is 3.83. The molecule has 1 aromatic heterocycles. The lowest BCUT2D eigenvalue weighted by molar-refractivity contribution is 0.0735. The van der Waals surface area contributed by atoms with Crippen molar-refractivity contribution >= 4 is 39.2 Å². The normalized spacial score (nSPS) is 11.2. The summed E-state index contributed by atoms with van der Waals surface area (Å²) < 4.78 is 6.42. The molecule has 0 saturated heterocycles. The Hall–Kier alpha value is -3.75. The molecule has 0 aliphatic heterocycles. The van der Waals surface area contributed by atoms with Gasteiger partial charge in [0.25, 0.3) is 0 Å². The average Bonchev–Trinajstić information content (AvgIpc) is 3.18. The molecule has 0 spiro atoms. The van der Waals surface area contributed by atoms with Crippen LogP contribution >= 0.6 is 11.3 Å². The summed E-state index contributed by atoms with van der Waals surface area (Å²) in [6.45, 7) is 0. The summed E-state index contributed by atoms with van der Waals surface area (Å²) in [5.74, 6) is 0.0422. The summed E-state index contributed by atoms with van der Waals surface area (Å²) in [4.78, 5) is 16.6. The molecule has 0 amide bonds. The number of ether oxygens (including phenoxy) is 1. The molecular formula is C23H14N2O2S. The summed E-state index contributed by atoms with van der Waals surface area (Å²) in [7, 11) is 0. The number of esters is 1. The van der Waals surface area contributed by atoms with Crippen LogP contribution in [-0.4, -0.2) is 11.0 Å². The minimum atomic E-state index is -0.406. The van der Waals surface area contributed by atoms with E-state index < -0.39 is 5.97 Å². The Balaban J connectivity index is 1.54. The summed E-state index contributed by atoms with van der Waals surface area (Å²) in [5, 5.41) is 10.2. The number of rotatable bonds is 4. The molecule has 4 nitrogen and oxygen atoms in total. The van der Waals surface area contributed by atoms with Crippen molar-refractivity contribution < 1.29 is 9.53 Å². The molecule has 0 aliphatic carbocycles. The maximum Gasteiger partial charge on any atom is 0.343 e. The molecule has 0 saturated carbocycles. The van der Waals surface area contributed by atoms with E-state index in [4.69, 9.17) is 4.74 Å². The predicted octanol–water partition coefficient (Wildman–Crippen LogP) is 5.58. The Morgan fingerprint density at radius 1 is 0.964 bits per heavy atom. The van der Waals surface area contributed by atoms with Gasteiger partial charge in [0.2, 0.25) is 0 Å². The van der Waals surface area contributed by atoms with E-state index in [9.17, 15) is 10.1 Å². The first-order chi connectivity index (χ1) is 13.7. The molecule has 0 N–H and O–H groups in total. The fourth-order valence-corrected chi connectivity index (χ4v) is 3.60. The first kappa shape index (κ1) is 17.7. The molecule has 4 rings (SSSR count). The Morgan fingerprint density at radius 3 is 2.39 bits per heavy atom. The second-order valence-corrected chi connectivity index (χ2v) is 7.01. The number of para-hydroxylation sites is 1. The second kappa shape index (κ2) is 7.87. The van der Waals surface area contributed by atoms with Crippen LogP contribution in [0.5, 0.6) is 5.75 Å². The van der Waals surface area contributed by atoms with E-state index in [1.807, 2.05) is 30.3 Å². The van der Waals surface area contributed by atoms with Crippen LogP contribution in [-0.2, 0) is 0 Å². The zero-order chi connectivity index (χ0) is 19.3. The van der Waals surface area contributed by atoms with Crippen molar-refractivity contribution in [1.82, 2.24) is 4.98 Å². The van der Waals surface area contributed by atoms with Crippen molar-refractivity contribution in [3.05, 3.63) is 95.0 Å². The monoisotopic (exact) mass is 382 g/mol. The van der Waals surface area contributed by atoms with Crippen LogP contribution in [0, 0.1) is 11.3 Å². The number of benzene rings is 3. The van der Waals surface area contributed by atoms with Crippen LogP contribution in [0.25, 0.3) is 21.9 Å². The minimum absolute atomic E-state index is 0.406. The lowest BCUT2D eigenvalue weighted by Gasteiger charge is -2.04. The quantitative estimate of drug-likeness (QED) is 0.263. The van der Waals surface area contributed by atoms with E-state index in [1.165, 1.54) is 11.3 Å². The lowest BCUT2D eigenvalue weighted by Crippen LogP contribution is -2.07. The van der Waals surface area contributed by atoms with Crippen LogP contribution in [0.15, 0.2) is 78.9 Å². The largest absolute Gasteiger partial charge is 0.423 e. The number of nitrogens with zero attached hydrogens (tertiary/aromatic N) is 2. The van der Waals surface area contributed by atoms with E-state index in [1.54, 1.807) is 54.6 Å². The smallest absolute Gasteiger partial charge is 0.343 e. The van der Waals surface area contributed by atoms with Crippen molar-refractivity contribution in [1.29, 1.82) is 5.26 Å². The standard InChI is InChI=1S/C23H14N2O2S/c24-15-18(22-25-20-8-4-5-9-21(20)28-22)14-16-10-12-19(13-11-16)27-23(26)17-6-2-1-3-7-17/h1-14H. The summed E-state index contributed by atoms with van der Waals surface area (Å²) in [6, 6.07) is 25.9. The van der Waals surface area contributed by atoms with Gasteiger partial charge in [0.15, 0.2) is 0 Å². The predicted molar refractivity (Wildman–Crippen MR) is 111 cm³/mol. The number of carbonyl (C=O) groups excluding carboxylic acids is 1. The molecule has 0 radical (unpaired) electrons. The van der Waals surface area contributed by atoms with Gasteiger partial charge in [-0.15, -0.1) is 11.3 Å². The fourth-order valence-electron chi connectivity index (χ4n) is 2.67. The van der Waals surface area contributed by atoms with Gasteiger partial charge in [-0.3, -0.25) is 0 Å². The molecule has 134 valence electrons. The number of aromatic nitrogens is 1. The lowest BCUT2D eigenvalue weighted by atomic mass is 10.1. The number of fused-ring (bicyclic) bond motifs is 1. The molecule has 4 aromatic rings. The van der Waals surface area contributed by atoms with E-state index >= 15 is 0 Å². The molecular weight excluding hydrogens is 368 g/mol. The van der Waals surface area contributed by atoms with Gasteiger partial charge in [-0.2, -0.15) is 5.26 Å². The molecule has 0 bridgehead atoms. The first-order valence-corrected chi connectivity index (χ1v) is 9.39. The topological polar surface area (TPSA) is 63.0 Å². The van der Waals surface area contributed by atoms with Gasteiger partial charge < -0.3 is 4.74 Å². The zero-order valence-electron chi connectivity index (χ0n) is 14.7. The fraction of sp³-hybridized carbons (Fsp3) is 0. The van der Waals surface area contributed by atoms with Crippen LogP contribution in [0.2, 0.25) is 0 Å². The summed E-state index contributed by atoms with van der Waals surface area (Å²) in [5.41, 5.74) is 2.70. The molecule has 0 fully saturated rings. The Bertz CT molecular complexity index is 1170. The Labute approximate surface area is 166 Å². The van der Waals surface area contributed by atoms with E-state index in [-0.39, 0.29) is 0 Å². The highest BCUT2D eigenvalue weighted by atomic mass is 32.1. The van der Waals surface area contributed by atoms with Crippen LogP contribution in [0.3, 0.4) is 0 Å². The number of hydrogen-bond acceptors (Lipinski definition) is 5. The average molecular weight is 382 g/mol. The minimum Gasteiger partial charge on any atom is -0.423 e. The van der Waals surface area contributed by atoms with Crippen molar-refractivity contribution in [2.45, 2.75) is 0 Å². The molecule has 0 aliphatic rings. The molecule has 28 heavy (non-hydrogen) atoms. The van der Waals surface area contributed by atoms with Gasteiger partial charge in [0.1, 0.15) is 16.8 Å². The number of carbonyl (C=O) groups is 1. The van der Waals surface area contributed by atoms with E-state index in [0.717, 1.165) is 15.8 Å². The van der Waals surface area contributed by atoms with Crippen molar-refractivity contribution in [2.24, 2.45) is 0 Å².